The summed E-state index contributed by atoms with van der Waals surface area (Å²) in [5.74, 6) is -0.528. The lowest BCUT2D eigenvalue weighted by molar-refractivity contribution is -0.114. The average molecular weight is 601 g/mol. The van der Waals surface area contributed by atoms with Crippen LogP contribution in [0.5, 0.6) is 11.5 Å². The van der Waals surface area contributed by atoms with Gasteiger partial charge in [0.1, 0.15) is 18.1 Å². The molecule has 0 aromatic heterocycles. The molecule has 2 aliphatic heterocycles. The fraction of sp³-hybridized carbons (Fsp3) is 0.286. The summed E-state index contributed by atoms with van der Waals surface area (Å²) in [5, 5.41) is 0. The lowest BCUT2D eigenvalue weighted by Gasteiger charge is -2.24. The Morgan fingerprint density at radius 1 is 0.878 bits per heavy atom. The van der Waals surface area contributed by atoms with Crippen molar-refractivity contribution in [3.63, 3.8) is 0 Å². The van der Waals surface area contributed by atoms with Crippen molar-refractivity contribution in [3.8, 4) is 11.5 Å². The third kappa shape index (κ3) is 6.43. The molecule has 0 aliphatic carbocycles. The van der Waals surface area contributed by atoms with Crippen molar-refractivity contribution in [3.05, 3.63) is 83.9 Å². The first kappa shape index (κ1) is 28.7. The maximum atomic E-state index is 13.6. The molecule has 3 aromatic carbocycles. The number of anilines is 1. The normalized spacial score (nSPS) is 17.6. The van der Waals surface area contributed by atoms with Crippen molar-refractivity contribution >= 4 is 37.5 Å². The van der Waals surface area contributed by atoms with Crippen molar-refractivity contribution in [2.75, 3.05) is 31.1 Å². The van der Waals surface area contributed by atoms with Crippen LogP contribution < -0.4 is 14.4 Å². The molecular weight excluding hydrogens is 572 g/mol. The van der Waals surface area contributed by atoms with E-state index < -0.39 is 38.6 Å². The van der Waals surface area contributed by atoms with Gasteiger partial charge in [-0.25, -0.2) is 12.6 Å². The third-order valence-electron chi connectivity index (χ3n) is 6.81. The van der Waals surface area contributed by atoms with Gasteiger partial charge in [0.05, 0.1) is 35.0 Å². The number of carbonyl (C=O) groups is 2. The SMILES string of the molecule is CS(=O)(=O)OCOc1ccc(CN2C(=O)C(=O)c3cc(S(=O)(=O)N4CCC[C@H]4COc4ccccc4)ccc32)cc1. The minimum Gasteiger partial charge on any atom is -0.492 e. The molecule has 0 spiro atoms. The Bertz CT molecular complexity index is 1660. The number of ketones is 1. The van der Waals surface area contributed by atoms with Crippen molar-refractivity contribution in [2.45, 2.75) is 30.3 Å². The first-order valence-corrected chi connectivity index (χ1v) is 16.0. The molecule has 0 N–H and O–H groups in total. The molecule has 3 aromatic rings. The predicted molar refractivity (Wildman–Crippen MR) is 149 cm³/mol. The van der Waals surface area contributed by atoms with E-state index in [2.05, 4.69) is 4.18 Å². The van der Waals surface area contributed by atoms with E-state index in [0.29, 0.717) is 42.1 Å². The van der Waals surface area contributed by atoms with Gasteiger partial charge in [-0.05, 0) is 60.9 Å². The summed E-state index contributed by atoms with van der Waals surface area (Å²) in [7, 11) is -7.58. The van der Waals surface area contributed by atoms with Crippen molar-refractivity contribution < 1.29 is 40.1 Å². The number of fused-ring (bicyclic) bond motifs is 1. The van der Waals surface area contributed by atoms with Gasteiger partial charge in [-0.3, -0.25) is 9.59 Å². The van der Waals surface area contributed by atoms with Gasteiger partial charge in [-0.15, -0.1) is 0 Å². The number of nitrogens with zero attached hydrogens (tertiary/aromatic N) is 2. The number of ether oxygens (including phenoxy) is 2. The smallest absolute Gasteiger partial charge is 0.299 e. The second kappa shape index (κ2) is 11.6. The highest BCUT2D eigenvalue weighted by Gasteiger charge is 2.40. The van der Waals surface area contributed by atoms with Gasteiger partial charge in [0.2, 0.25) is 16.8 Å². The molecule has 2 heterocycles. The van der Waals surface area contributed by atoms with Gasteiger partial charge < -0.3 is 14.4 Å². The summed E-state index contributed by atoms with van der Waals surface area (Å²) in [5.41, 5.74) is 1.03. The molecule has 0 radical (unpaired) electrons. The highest BCUT2D eigenvalue weighted by Crippen LogP contribution is 2.35. The number of benzene rings is 3. The maximum absolute atomic E-state index is 13.6. The second-order valence-electron chi connectivity index (χ2n) is 9.66. The second-order valence-corrected chi connectivity index (χ2v) is 13.2. The topological polar surface area (TPSA) is 137 Å². The Balaban J connectivity index is 1.29. The largest absolute Gasteiger partial charge is 0.492 e. The van der Waals surface area contributed by atoms with E-state index in [0.717, 1.165) is 6.26 Å². The maximum Gasteiger partial charge on any atom is 0.299 e. The zero-order valence-corrected chi connectivity index (χ0v) is 23.8. The molecular formula is C28H28N2O9S2. The Labute approximate surface area is 238 Å². The molecule has 2 aliphatic rings. The number of carbonyl (C=O) groups excluding carboxylic acids is 2. The van der Waals surface area contributed by atoms with Crippen LogP contribution in [0.15, 0.2) is 77.7 Å². The van der Waals surface area contributed by atoms with Gasteiger partial charge in [-0.1, -0.05) is 30.3 Å². The van der Waals surface area contributed by atoms with Gasteiger partial charge in [-0.2, -0.15) is 12.7 Å². The van der Waals surface area contributed by atoms with Gasteiger partial charge in [0.15, 0.2) is 0 Å². The molecule has 13 heteroatoms. The summed E-state index contributed by atoms with van der Waals surface area (Å²) in [4.78, 5) is 27.0. The standard InChI is InChI=1S/C28H28N2O9S2/c1-40(33,34)39-19-38-23-11-9-20(10-12-23)17-29-26-14-13-24(16-25(26)27(31)28(29)32)41(35,36)30-15-5-6-21(30)18-37-22-7-3-2-4-8-22/h2-4,7-14,16,21H,5-6,15,17-19H2,1H3/t21-/m0/s1. The van der Waals surface area contributed by atoms with Crippen molar-refractivity contribution in [2.24, 2.45) is 0 Å². The van der Waals surface area contributed by atoms with Crippen LogP contribution >= 0.6 is 0 Å². The first-order valence-electron chi connectivity index (χ1n) is 12.8. The Hall–Kier alpha value is -3.78. The zero-order chi connectivity index (χ0) is 29.2. The summed E-state index contributed by atoms with van der Waals surface area (Å²) in [6, 6.07) is 19.5. The molecule has 1 fully saturated rings. The summed E-state index contributed by atoms with van der Waals surface area (Å²) in [6.45, 7) is 0.123. The molecule has 41 heavy (non-hydrogen) atoms. The monoisotopic (exact) mass is 600 g/mol. The molecule has 11 nitrogen and oxygen atoms in total. The Kier molecular flexibility index (Phi) is 8.13. The van der Waals surface area contributed by atoms with Gasteiger partial charge in [0, 0.05) is 6.54 Å². The number of amides is 1. The van der Waals surface area contributed by atoms with Crippen LogP contribution in [-0.2, 0) is 35.7 Å². The van der Waals surface area contributed by atoms with Crippen molar-refractivity contribution in [1.29, 1.82) is 0 Å². The molecule has 0 bridgehead atoms. The minimum absolute atomic E-state index is 0.0326. The summed E-state index contributed by atoms with van der Waals surface area (Å²) < 4.78 is 66.3. The number of sulfonamides is 1. The highest BCUT2D eigenvalue weighted by molar-refractivity contribution is 7.89. The van der Waals surface area contributed by atoms with E-state index in [1.165, 1.54) is 27.4 Å². The van der Waals surface area contributed by atoms with Crippen LogP contribution in [-0.4, -0.2) is 65.1 Å². The van der Waals surface area contributed by atoms with Gasteiger partial charge >= 0.3 is 0 Å². The Morgan fingerprint density at radius 2 is 1.59 bits per heavy atom. The van der Waals surface area contributed by atoms with E-state index >= 15 is 0 Å². The van der Waals surface area contributed by atoms with E-state index in [1.807, 2.05) is 30.3 Å². The van der Waals surface area contributed by atoms with Gasteiger partial charge in [0.25, 0.3) is 21.8 Å². The van der Waals surface area contributed by atoms with Crippen LogP contribution in [0.3, 0.4) is 0 Å². The number of para-hydroxylation sites is 1. The van der Waals surface area contributed by atoms with Crippen LogP contribution in [0, 0.1) is 0 Å². The first-order chi connectivity index (χ1) is 19.5. The minimum atomic E-state index is -3.94. The van der Waals surface area contributed by atoms with Crippen molar-refractivity contribution in [1.82, 2.24) is 4.31 Å². The van der Waals surface area contributed by atoms with Crippen LogP contribution in [0.2, 0.25) is 0 Å². The lowest BCUT2D eigenvalue weighted by Crippen LogP contribution is -2.39. The summed E-state index contributed by atoms with van der Waals surface area (Å²) >= 11 is 0. The number of hydrogen-bond donors (Lipinski definition) is 0. The molecule has 1 atom stereocenters. The quantitative estimate of drug-likeness (QED) is 0.185. The van der Waals surface area contributed by atoms with E-state index in [-0.39, 0.29) is 29.7 Å². The number of hydrogen-bond acceptors (Lipinski definition) is 9. The third-order valence-corrected chi connectivity index (χ3v) is 9.28. The fourth-order valence-electron chi connectivity index (χ4n) is 4.79. The van der Waals surface area contributed by atoms with Crippen LogP contribution in [0.1, 0.15) is 28.8 Å². The predicted octanol–water partition coefficient (Wildman–Crippen LogP) is 2.96. The zero-order valence-electron chi connectivity index (χ0n) is 22.1. The van der Waals surface area contributed by atoms with Crippen LogP contribution in [0.4, 0.5) is 5.69 Å². The van der Waals surface area contributed by atoms with Crippen LogP contribution in [0.25, 0.3) is 0 Å². The highest BCUT2D eigenvalue weighted by atomic mass is 32.2. The van der Waals surface area contributed by atoms with E-state index in [1.54, 1.807) is 24.3 Å². The molecule has 0 unspecified atom stereocenters. The lowest BCUT2D eigenvalue weighted by atomic mass is 10.1. The fourth-order valence-corrected chi connectivity index (χ4v) is 6.72. The molecule has 0 saturated carbocycles. The molecule has 1 saturated heterocycles. The average Bonchev–Trinajstić information content (AvgIpc) is 3.52. The summed E-state index contributed by atoms with van der Waals surface area (Å²) in [6.07, 6.45) is 2.25. The van der Waals surface area contributed by atoms with E-state index in [4.69, 9.17) is 9.47 Å². The molecule has 5 rings (SSSR count). The number of rotatable bonds is 11. The van der Waals surface area contributed by atoms with E-state index in [9.17, 15) is 26.4 Å². The number of Topliss-reactive ketones (excluding diaryl/α,β-unsaturated/α-hetero) is 1. The molecule has 216 valence electrons. The molecule has 1 amide bonds. The Morgan fingerprint density at radius 3 is 2.29 bits per heavy atom.